The van der Waals surface area contributed by atoms with E-state index in [2.05, 4.69) is 15.6 Å². The number of aryl methyl sites for hydroxylation is 1. The molecular formula is C32H40N6O9. The highest BCUT2D eigenvalue weighted by molar-refractivity contribution is 5.99. The van der Waals surface area contributed by atoms with Crippen LogP contribution in [0.1, 0.15) is 55.1 Å². The third kappa shape index (κ3) is 8.26. The molecule has 0 unspecified atom stereocenters. The van der Waals surface area contributed by atoms with Gasteiger partial charge in [0, 0.05) is 56.6 Å². The summed E-state index contributed by atoms with van der Waals surface area (Å²) in [4.78, 5) is 84.9. The van der Waals surface area contributed by atoms with E-state index in [9.17, 15) is 33.9 Å². The van der Waals surface area contributed by atoms with E-state index in [-0.39, 0.29) is 81.5 Å². The van der Waals surface area contributed by atoms with Gasteiger partial charge < -0.3 is 39.9 Å². The Morgan fingerprint density at radius 3 is 2.36 bits per heavy atom. The molecule has 252 valence electrons. The number of ether oxygens (including phenoxy) is 2. The van der Waals surface area contributed by atoms with E-state index in [0.717, 1.165) is 18.4 Å². The normalized spacial score (nSPS) is 18.2. The van der Waals surface area contributed by atoms with Crippen molar-refractivity contribution >= 4 is 46.6 Å². The second-order valence-corrected chi connectivity index (χ2v) is 12.0. The molecule has 15 nitrogen and oxygen atoms in total. The molecule has 2 saturated heterocycles. The van der Waals surface area contributed by atoms with Crippen LogP contribution < -0.4 is 15.4 Å². The summed E-state index contributed by atoms with van der Waals surface area (Å²) in [6.07, 6.45) is 1.47. The molecule has 3 aliphatic rings. The molecule has 1 aromatic carbocycles. The maximum Gasteiger partial charge on any atom is 0.409 e. The number of fused-ring (bicyclic) bond motifs is 1. The Hall–Kier alpha value is -4.95. The number of hydrogen-bond acceptors (Lipinski definition) is 9. The van der Waals surface area contributed by atoms with Crippen LogP contribution in [0.5, 0.6) is 5.75 Å². The van der Waals surface area contributed by atoms with Crippen molar-refractivity contribution in [1.29, 1.82) is 0 Å². The summed E-state index contributed by atoms with van der Waals surface area (Å²) in [5, 5.41) is 15.4. The third-order valence-corrected chi connectivity index (χ3v) is 8.45. The molecule has 0 bridgehead atoms. The predicted octanol–water partition coefficient (Wildman–Crippen LogP) is 1.07. The topological polar surface area (TPSA) is 188 Å². The third-order valence-electron chi connectivity index (χ3n) is 8.45. The fraction of sp³-hybridized carbons (Fsp3) is 0.531. The van der Waals surface area contributed by atoms with Gasteiger partial charge in [-0.25, -0.2) is 9.78 Å². The van der Waals surface area contributed by atoms with E-state index < -0.39 is 36.0 Å². The van der Waals surface area contributed by atoms with Crippen molar-refractivity contribution < 1.29 is 43.3 Å². The Balaban J connectivity index is 1.29. The van der Waals surface area contributed by atoms with E-state index in [4.69, 9.17) is 9.47 Å². The van der Waals surface area contributed by atoms with Crippen LogP contribution in [0.15, 0.2) is 24.3 Å². The monoisotopic (exact) mass is 652 g/mol. The molecule has 5 rings (SSSR count). The van der Waals surface area contributed by atoms with Crippen molar-refractivity contribution in [1.82, 2.24) is 30.3 Å². The van der Waals surface area contributed by atoms with Crippen LogP contribution >= 0.6 is 0 Å². The molecule has 1 aromatic heterocycles. The number of aliphatic carboxylic acids is 1. The van der Waals surface area contributed by atoms with Crippen molar-refractivity contribution in [2.75, 3.05) is 45.9 Å². The van der Waals surface area contributed by atoms with Gasteiger partial charge in [-0.15, -0.1) is 0 Å². The molecular weight excluding hydrogens is 612 g/mol. The quantitative estimate of drug-likeness (QED) is 0.299. The lowest BCUT2D eigenvalue weighted by Crippen LogP contribution is -2.59. The maximum absolute atomic E-state index is 13.6. The van der Waals surface area contributed by atoms with E-state index in [1.54, 1.807) is 19.1 Å². The van der Waals surface area contributed by atoms with Crippen LogP contribution in [0.2, 0.25) is 0 Å². The lowest BCUT2D eigenvalue weighted by molar-refractivity contribution is -0.148. The van der Waals surface area contributed by atoms with Crippen LogP contribution in [0.25, 0.3) is 10.9 Å². The zero-order valence-electron chi connectivity index (χ0n) is 26.5. The highest BCUT2D eigenvalue weighted by Gasteiger charge is 2.39. The fourth-order valence-corrected chi connectivity index (χ4v) is 5.55. The maximum atomic E-state index is 13.6. The lowest BCUT2D eigenvalue weighted by atomic mass is 10.0. The van der Waals surface area contributed by atoms with Crippen molar-refractivity contribution in [2.45, 2.75) is 64.1 Å². The number of benzene rings is 1. The van der Waals surface area contributed by atoms with E-state index >= 15 is 0 Å². The molecule has 15 heteroatoms. The minimum atomic E-state index is -1.17. The van der Waals surface area contributed by atoms with Crippen molar-refractivity contribution in [3.63, 3.8) is 0 Å². The summed E-state index contributed by atoms with van der Waals surface area (Å²) in [7, 11) is 0. The highest BCUT2D eigenvalue weighted by atomic mass is 16.6. The number of carbonyl (C=O) groups is 6. The van der Waals surface area contributed by atoms with Gasteiger partial charge in [0.2, 0.25) is 11.8 Å². The molecule has 2 aliphatic heterocycles. The van der Waals surface area contributed by atoms with Gasteiger partial charge in [0.05, 0.1) is 12.1 Å². The number of nitrogens with one attached hydrogen (secondary N) is 2. The SMILES string of the molecule is CCOC(=O)N1CCN(C(=O)[C@H](CCC(=O)O)NC(=O)c2cc(OCC(=O)N3CC[C@@H]3C(=O)NC3CC3)c3ccc(C)cc3n2)CC1. The second-order valence-electron chi connectivity index (χ2n) is 12.0. The Bertz CT molecular complexity index is 1550. The van der Waals surface area contributed by atoms with Gasteiger partial charge in [-0.2, -0.15) is 0 Å². The molecule has 1 aliphatic carbocycles. The van der Waals surface area contributed by atoms with Crippen molar-refractivity contribution in [3.8, 4) is 5.75 Å². The molecule has 5 amide bonds. The summed E-state index contributed by atoms with van der Waals surface area (Å²) in [5.41, 5.74) is 1.21. The Labute approximate surface area is 271 Å². The zero-order chi connectivity index (χ0) is 33.7. The van der Waals surface area contributed by atoms with E-state index in [1.807, 2.05) is 13.0 Å². The summed E-state index contributed by atoms with van der Waals surface area (Å²) < 4.78 is 10.9. The Morgan fingerprint density at radius 1 is 1.00 bits per heavy atom. The summed E-state index contributed by atoms with van der Waals surface area (Å²) in [5.74, 6) is -2.63. The number of carboxylic acids is 1. The predicted molar refractivity (Wildman–Crippen MR) is 167 cm³/mol. The fourth-order valence-electron chi connectivity index (χ4n) is 5.55. The standard InChI is InChI=1S/C32H40N6O9/c1-3-46-32(45)37-14-12-36(13-15-37)31(44)22(8-9-28(40)41)35-29(42)24-17-26(21-7-4-19(2)16-23(21)34-24)47-18-27(39)38-11-10-25(38)30(43)33-20-5-6-20/h4,7,16-17,20,22,25H,3,5-6,8-15,18H2,1-2H3,(H,33,43)(H,35,42)(H,40,41)/t22-,25+/m0/s1. The molecule has 2 atom stereocenters. The molecule has 3 N–H and O–H groups in total. The molecule has 3 heterocycles. The minimum Gasteiger partial charge on any atom is -0.483 e. The van der Waals surface area contributed by atoms with Gasteiger partial charge in [0.1, 0.15) is 23.5 Å². The van der Waals surface area contributed by atoms with Crippen LogP contribution in [0, 0.1) is 6.92 Å². The van der Waals surface area contributed by atoms with Crippen LogP contribution in [0.4, 0.5) is 4.79 Å². The van der Waals surface area contributed by atoms with Crippen LogP contribution in [-0.2, 0) is 23.9 Å². The lowest BCUT2D eigenvalue weighted by Gasteiger charge is -2.39. The number of aromatic nitrogens is 1. The average molecular weight is 653 g/mol. The summed E-state index contributed by atoms with van der Waals surface area (Å²) in [6, 6.07) is 5.23. The Kier molecular flexibility index (Phi) is 10.4. The molecule has 47 heavy (non-hydrogen) atoms. The molecule has 3 fully saturated rings. The average Bonchev–Trinajstić information content (AvgIpc) is 3.84. The van der Waals surface area contributed by atoms with Gasteiger partial charge in [0.15, 0.2) is 6.61 Å². The first kappa shape index (κ1) is 33.4. The highest BCUT2D eigenvalue weighted by Crippen LogP contribution is 2.28. The number of carboxylic acid groups (broad SMARTS) is 1. The van der Waals surface area contributed by atoms with Crippen molar-refractivity contribution in [3.05, 3.63) is 35.5 Å². The number of carbonyl (C=O) groups excluding carboxylic acids is 5. The van der Waals surface area contributed by atoms with Gasteiger partial charge in [-0.05, 0) is 57.2 Å². The summed E-state index contributed by atoms with van der Waals surface area (Å²) >= 11 is 0. The molecule has 2 aromatic rings. The van der Waals surface area contributed by atoms with Gasteiger partial charge in [-0.3, -0.25) is 24.0 Å². The van der Waals surface area contributed by atoms with Gasteiger partial charge in [-0.1, -0.05) is 6.07 Å². The largest absolute Gasteiger partial charge is 0.483 e. The number of amides is 5. The van der Waals surface area contributed by atoms with Gasteiger partial charge >= 0.3 is 12.1 Å². The molecule has 1 saturated carbocycles. The van der Waals surface area contributed by atoms with E-state index in [1.165, 1.54) is 20.8 Å². The molecule has 0 spiro atoms. The minimum absolute atomic E-state index is 0.0866. The number of likely N-dealkylation sites (tertiary alicyclic amines) is 1. The van der Waals surface area contributed by atoms with Crippen LogP contribution in [0.3, 0.4) is 0 Å². The zero-order valence-corrected chi connectivity index (χ0v) is 26.5. The number of rotatable bonds is 12. The number of pyridine rings is 1. The molecule has 0 radical (unpaired) electrons. The van der Waals surface area contributed by atoms with Crippen molar-refractivity contribution in [2.24, 2.45) is 0 Å². The van der Waals surface area contributed by atoms with Crippen LogP contribution in [-0.4, -0.2) is 125 Å². The first-order valence-corrected chi connectivity index (χ1v) is 15.9. The second kappa shape index (κ2) is 14.6. The van der Waals surface area contributed by atoms with E-state index in [0.29, 0.717) is 23.9 Å². The smallest absolute Gasteiger partial charge is 0.409 e. The first-order valence-electron chi connectivity index (χ1n) is 15.9. The number of nitrogens with zero attached hydrogens (tertiary/aromatic N) is 4. The Morgan fingerprint density at radius 2 is 1.72 bits per heavy atom. The first-order chi connectivity index (χ1) is 22.5. The number of hydrogen-bond donors (Lipinski definition) is 3. The van der Waals surface area contributed by atoms with Gasteiger partial charge in [0.25, 0.3) is 11.8 Å². The summed E-state index contributed by atoms with van der Waals surface area (Å²) in [6.45, 7) is 4.72. The number of piperazine rings is 1.